The van der Waals surface area contributed by atoms with Gasteiger partial charge in [-0.1, -0.05) is 38.8 Å². The van der Waals surface area contributed by atoms with Gasteiger partial charge in [0, 0.05) is 10.1 Å². The minimum absolute atomic E-state index is 0.0385. The quantitative estimate of drug-likeness (QED) is 0.707. The second-order valence-corrected chi connectivity index (χ2v) is 7.90. The lowest BCUT2D eigenvalue weighted by Gasteiger charge is -2.16. The summed E-state index contributed by atoms with van der Waals surface area (Å²) in [6.45, 7) is 3.68. The van der Waals surface area contributed by atoms with Crippen LogP contribution in [0.5, 0.6) is 0 Å². The highest BCUT2D eigenvalue weighted by atomic mass is 32.2. The predicted molar refractivity (Wildman–Crippen MR) is 99.0 cm³/mol. The second-order valence-electron chi connectivity index (χ2n) is 6.56. The Balaban J connectivity index is 1.88. The van der Waals surface area contributed by atoms with Gasteiger partial charge in [-0.15, -0.1) is 11.8 Å². The van der Waals surface area contributed by atoms with E-state index >= 15 is 0 Å². The van der Waals surface area contributed by atoms with E-state index in [-0.39, 0.29) is 24.3 Å². The fourth-order valence-electron chi connectivity index (χ4n) is 2.64. The van der Waals surface area contributed by atoms with Gasteiger partial charge < -0.3 is 16.4 Å². The van der Waals surface area contributed by atoms with Crippen LogP contribution in [0, 0.1) is 5.92 Å². The topological polar surface area (TPSA) is 84.2 Å². The van der Waals surface area contributed by atoms with Crippen LogP contribution in [0.4, 0.5) is 5.69 Å². The van der Waals surface area contributed by atoms with E-state index in [0.29, 0.717) is 5.25 Å². The first kappa shape index (κ1) is 18.8. The summed E-state index contributed by atoms with van der Waals surface area (Å²) < 4.78 is 0. The van der Waals surface area contributed by atoms with Gasteiger partial charge in [0.25, 0.3) is 0 Å². The third-order valence-corrected chi connectivity index (χ3v) is 5.62. The van der Waals surface area contributed by atoms with E-state index in [4.69, 9.17) is 5.73 Å². The molecule has 1 aliphatic carbocycles. The summed E-state index contributed by atoms with van der Waals surface area (Å²) in [5.41, 5.74) is 6.57. The minimum Gasteiger partial charge on any atom is -0.346 e. The molecule has 0 aromatic heterocycles. The number of anilines is 1. The number of para-hydroxylation sites is 1. The molecule has 0 spiro atoms. The lowest BCUT2D eigenvalue weighted by molar-refractivity contribution is -0.125. The van der Waals surface area contributed by atoms with Crippen molar-refractivity contribution in [2.75, 3.05) is 11.9 Å². The molecule has 1 aliphatic rings. The van der Waals surface area contributed by atoms with E-state index in [1.807, 2.05) is 49.9 Å². The van der Waals surface area contributed by atoms with Crippen LogP contribution in [0.25, 0.3) is 0 Å². The van der Waals surface area contributed by atoms with Gasteiger partial charge in [0.2, 0.25) is 11.8 Å². The molecule has 0 radical (unpaired) electrons. The number of thioether (sulfide) groups is 1. The van der Waals surface area contributed by atoms with Crippen LogP contribution in [0.1, 0.15) is 39.5 Å². The number of nitrogens with two attached hydrogens (primary N) is 1. The van der Waals surface area contributed by atoms with Crippen LogP contribution in [0.2, 0.25) is 0 Å². The fourth-order valence-corrected chi connectivity index (χ4v) is 3.97. The Bertz CT molecular complexity index is 571. The van der Waals surface area contributed by atoms with Crippen LogP contribution in [-0.4, -0.2) is 29.7 Å². The molecule has 132 valence electrons. The fraction of sp³-hybridized carbons (Fsp3) is 0.556. The van der Waals surface area contributed by atoms with Crippen LogP contribution >= 0.6 is 11.8 Å². The molecule has 1 aromatic carbocycles. The summed E-state index contributed by atoms with van der Waals surface area (Å²) in [5.74, 6) is -0.496. The molecule has 1 aromatic rings. The summed E-state index contributed by atoms with van der Waals surface area (Å²) in [4.78, 5) is 25.0. The average molecular weight is 350 g/mol. The van der Waals surface area contributed by atoms with Crippen LogP contribution < -0.4 is 16.4 Å². The first-order chi connectivity index (χ1) is 11.5. The Morgan fingerprint density at radius 2 is 1.92 bits per heavy atom. The number of carbonyl (C=O) groups excluding carboxylic acids is 2. The number of hydrogen-bond acceptors (Lipinski definition) is 4. The first-order valence-electron chi connectivity index (χ1n) is 8.56. The molecule has 0 unspecified atom stereocenters. The van der Waals surface area contributed by atoms with E-state index in [1.54, 1.807) is 0 Å². The molecular weight excluding hydrogens is 322 g/mol. The third-order valence-electron chi connectivity index (χ3n) is 4.20. The highest BCUT2D eigenvalue weighted by Crippen LogP contribution is 2.37. The van der Waals surface area contributed by atoms with Crippen LogP contribution in [0.3, 0.4) is 0 Å². The van der Waals surface area contributed by atoms with Crippen molar-refractivity contribution in [2.45, 2.75) is 55.7 Å². The molecule has 2 rings (SSSR count). The lowest BCUT2D eigenvalue weighted by Crippen LogP contribution is -2.46. The molecule has 4 N–H and O–H groups in total. The molecule has 0 aliphatic heterocycles. The van der Waals surface area contributed by atoms with Crippen LogP contribution in [-0.2, 0) is 9.59 Å². The zero-order valence-corrected chi connectivity index (χ0v) is 15.2. The molecule has 0 bridgehead atoms. The standard InChI is InChI=1S/C18H27N3O2S/c1-12(2)17(19)18(23)20-11-16(22)21-14-9-5-6-10-15(14)24-13-7-3-4-8-13/h5-6,9-10,12-13,17H,3-4,7-8,11,19H2,1-2H3,(H,20,23)(H,21,22)/t17-/m0/s1. The zero-order chi connectivity index (χ0) is 17.5. The lowest BCUT2D eigenvalue weighted by atomic mass is 10.1. The molecule has 0 saturated heterocycles. The monoisotopic (exact) mass is 349 g/mol. The largest absolute Gasteiger partial charge is 0.346 e. The molecule has 6 heteroatoms. The Morgan fingerprint density at radius 3 is 2.58 bits per heavy atom. The van der Waals surface area contributed by atoms with Gasteiger partial charge in [0.15, 0.2) is 0 Å². The predicted octanol–water partition coefficient (Wildman–Crippen LogP) is 2.76. The van der Waals surface area contributed by atoms with Crippen molar-refractivity contribution in [1.82, 2.24) is 5.32 Å². The van der Waals surface area contributed by atoms with E-state index in [2.05, 4.69) is 10.6 Å². The number of carbonyl (C=O) groups is 2. The number of rotatable bonds is 7. The van der Waals surface area contributed by atoms with E-state index in [9.17, 15) is 9.59 Å². The maximum absolute atomic E-state index is 12.1. The van der Waals surface area contributed by atoms with Crippen molar-refractivity contribution in [3.05, 3.63) is 24.3 Å². The molecule has 24 heavy (non-hydrogen) atoms. The minimum atomic E-state index is -0.594. The summed E-state index contributed by atoms with van der Waals surface area (Å²) in [6, 6.07) is 7.23. The number of benzene rings is 1. The molecule has 1 fully saturated rings. The Labute approximate surface area is 148 Å². The maximum atomic E-state index is 12.1. The van der Waals surface area contributed by atoms with Gasteiger partial charge in [0.1, 0.15) is 0 Å². The van der Waals surface area contributed by atoms with E-state index < -0.39 is 6.04 Å². The van der Waals surface area contributed by atoms with Crippen molar-refractivity contribution in [3.8, 4) is 0 Å². The van der Waals surface area contributed by atoms with Crippen molar-refractivity contribution in [3.63, 3.8) is 0 Å². The van der Waals surface area contributed by atoms with Gasteiger partial charge in [-0.25, -0.2) is 0 Å². The SMILES string of the molecule is CC(C)[C@H](N)C(=O)NCC(=O)Nc1ccccc1SC1CCCC1. The van der Waals surface area contributed by atoms with Gasteiger partial charge in [-0.3, -0.25) is 9.59 Å². The van der Waals surface area contributed by atoms with Gasteiger partial charge in [-0.05, 0) is 30.9 Å². The molecule has 5 nitrogen and oxygen atoms in total. The average Bonchev–Trinajstić information content (AvgIpc) is 3.06. The number of amides is 2. The molecule has 2 amide bonds. The van der Waals surface area contributed by atoms with Crippen LogP contribution in [0.15, 0.2) is 29.2 Å². The Morgan fingerprint density at radius 1 is 1.25 bits per heavy atom. The summed E-state index contributed by atoms with van der Waals surface area (Å²) in [7, 11) is 0. The Hall–Kier alpha value is -1.53. The molecule has 1 atom stereocenters. The van der Waals surface area contributed by atoms with Crippen molar-refractivity contribution in [2.24, 2.45) is 11.7 Å². The van der Waals surface area contributed by atoms with Gasteiger partial charge >= 0.3 is 0 Å². The molecule has 1 saturated carbocycles. The van der Waals surface area contributed by atoms with Gasteiger partial charge in [0.05, 0.1) is 18.3 Å². The number of hydrogen-bond donors (Lipinski definition) is 3. The number of nitrogens with one attached hydrogen (secondary N) is 2. The summed E-state index contributed by atoms with van der Waals surface area (Å²) >= 11 is 1.83. The molecule has 0 heterocycles. The smallest absolute Gasteiger partial charge is 0.243 e. The molecular formula is C18H27N3O2S. The second kappa shape index (κ2) is 9.08. The normalized spacial score (nSPS) is 16.2. The first-order valence-corrected chi connectivity index (χ1v) is 9.44. The summed E-state index contributed by atoms with van der Waals surface area (Å²) in [6.07, 6.45) is 5.04. The van der Waals surface area contributed by atoms with E-state index in [1.165, 1.54) is 25.7 Å². The third kappa shape index (κ3) is 5.53. The van der Waals surface area contributed by atoms with E-state index in [0.717, 1.165) is 10.6 Å². The van der Waals surface area contributed by atoms with Crippen molar-refractivity contribution < 1.29 is 9.59 Å². The highest BCUT2D eigenvalue weighted by Gasteiger charge is 2.19. The van der Waals surface area contributed by atoms with Crippen molar-refractivity contribution >= 4 is 29.3 Å². The zero-order valence-electron chi connectivity index (χ0n) is 14.4. The van der Waals surface area contributed by atoms with Gasteiger partial charge in [-0.2, -0.15) is 0 Å². The highest BCUT2D eigenvalue weighted by molar-refractivity contribution is 8.00. The maximum Gasteiger partial charge on any atom is 0.243 e. The summed E-state index contributed by atoms with van der Waals surface area (Å²) in [5, 5.41) is 6.12. The van der Waals surface area contributed by atoms with Crippen molar-refractivity contribution in [1.29, 1.82) is 0 Å². The Kier molecular flexibility index (Phi) is 7.12.